The van der Waals surface area contributed by atoms with Gasteiger partial charge in [0.15, 0.2) is 0 Å². The molecule has 0 amide bonds. The number of nitrogens with zero attached hydrogens (tertiary/aromatic N) is 3. The topological polar surface area (TPSA) is 30.7 Å². The molecule has 0 unspecified atom stereocenters. The fourth-order valence-electron chi connectivity index (χ4n) is 2.59. The van der Waals surface area contributed by atoms with E-state index in [1.807, 2.05) is 23.9 Å². The van der Waals surface area contributed by atoms with Crippen LogP contribution in [0.5, 0.6) is 0 Å². The molecule has 2 heterocycles. The Hall–Kier alpha value is -2.72. The van der Waals surface area contributed by atoms with Crippen molar-refractivity contribution in [2.24, 2.45) is 0 Å². The van der Waals surface area contributed by atoms with Gasteiger partial charge in [-0.1, -0.05) is 42.0 Å². The highest BCUT2D eigenvalue weighted by Gasteiger charge is 2.06. The first-order chi connectivity index (χ1) is 11.7. The highest BCUT2D eigenvalue weighted by molar-refractivity contribution is 7.13. The molecule has 0 saturated carbocycles. The van der Waals surface area contributed by atoms with E-state index in [2.05, 4.69) is 65.8 Å². The fourth-order valence-corrected chi connectivity index (χ4v) is 3.39. The Kier molecular flexibility index (Phi) is 3.75. The molecule has 0 atom stereocenters. The molecule has 2 aromatic carbocycles. The van der Waals surface area contributed by atoms with Crippen molar-refractivity contribution in [2.45, 2.75) is 13.8 Å². The van der Waals surface area contributed by atoms with Crippen molar-refractivity contribution in [3.63, 3.8) is 0 Å². The van der Waals surface area contributed by atoms with Gasteiger partial charge < -0.3 is 0 Å². The molecule has 0 aliphatic rings. The molecule has 4 rings (SSSR count). The maximum Gasteiger partial charge on any atom is 0.123 e. The highest BCUT2D eigenvalue weighted by Crippen LogP contribution is 2.26. The first kappa shape index (κ1) is 14.8. The smallest absolute Gasteiger partial charge is 0.123 e. The standard InChI is InChI=1S/C20H17N3S/c1-14-3-9-18(10-4-14)23-12-11-19(22-23)16-5-7-17(8-6-16)20-21-15(2)13-24-20/h3-13H,1-2H3. The van der Waals surface area contributed by atoms with Crippen molar-refractivity contribution in [3.05, 3.63) is 77.4 Å². The third-order valence-electron chi connectivity index (χ3n) is 3.93. The van der Waals surface area contributed by atoms with Gasteiger partial charge in [0.1, 0.15) is 5.01 Å². The zero-order chi connectivity index (χ0) is 16.5. The Morgan fingerprint density at radius 3 is 2.21 bits per heavy atom. The summed E-state index contributed by atoms with van der Waals surface area (Å²) in [7, 11) is 0. The molecule has 24 heavy (non-hydrogen) atoms. The Labute approximate surface area is 145 Å². The van der Waals surface area contributed by atoms with E-state index < -0.39 is 0 Å². The van der Waals surface area contributed by atoms with E-state index in [1.54, 1.807) is 11.3 Å². The van der Waals surface area contributed by atoms with Gasteiger partial charge in [-0.15, -0.1) is 11.3 Å². The molecule has 0 saturated heterocycles. The van der Waals surface area contributed by atoms with E-state index in [1.165, 1.54) is 5.56 Å². The van der Waals surface area contributed by atoms with Crippen LogP contribution in [0.25, 0.3) is 27.5 Å². The van der Waals surface area contributed by atoms with Gasteiger partial charge in [-0.3, -0.25) is 0 Å². The largest absolute Gasteiger partial charge is 0.241 e. The summed E-state index contributed by atoms with van der Waals surface area (Å²) in [6.45, 7) is 4.11. The number of aromatic nitrogens is 3. The quantitative estimate of drug-likeness (QED) is 0.511. The average molecular weight is 331 g/mol. The zero-order valence-corrected chi connectivity index (χ0v) is 14.4. The summed E-state index contributed by atoms with van der Waals surface area (Å²) in [5, 5.41) is 7.83. The summed E-state index contributed by atoms with van der Waals surface area (Å²) in [5.74, 6) is 0. The van der Waals surface area contributed by atoms with Gasteiger partial charge in [0.05, 0.1) is 11.4 Å². The third kappa shape index (κ3) is 2.88. The molecule has 0 radical (unpaired) electrons. The first-order valence-electron chi connectivity index (χ1n) is 7.85. The van der Waals surface area contributed by atoms with Crippen LogP contribution < -0.4 is 0 Å². The van der Waals surface area contributed by atoms with Gasteiger partial charge in [0.2, 0.25) is 0 Å². The summed E-state index contributed by atoms with van der Waals surface area (Å²) in [6, 6.07) is 18.8. The van der Waals surface area contributed by atoms with E-state index >= 15 is 0 Å². The molecule has 0 aliphatic heterocycles. The first-order valence-corrected chi connectivity index (χ1v) is 8.73. The summed E-state index contributed by atoms with van der Waals surface area (Å²) >= 11 is 1.68. The number of aryl methyl sites for hydroxylation is 2. The van der Waals surface area contributed by atoms with Gasteiger partial charge >= 0.3 is 0 Å². The van der Waals surface area contributed by atoms with Crippen LogP contribution in [-0.4, -0.2) is 14.8 Å². The molecule has 0 bridgehead atoms. The molecule has 0 aliphatic carbocycles. The van der Waals surface area contributed by atoms with E-state index in [0.29, 0.717) is 0 Å². The van der Waals surface area contributed by atoms with Crippen LogP contribution in [0.4, 0.5) is 0 Å². The maximum absolute atomic E-state index is 4.69. The van der Waals surface area contributed by atoms with Gasteiger partial charge in [0.25, 0.3) is 0 Å². The summed E-state index contributed by atoms with van der Waals surface area (Å²) < 4.78 is 1.91. The lowest BCUT2D eigenvalue weighted by Crippen LogP contribution is -1.94. The fraction of sp³-hybridized carbons (Fsp3) is 0.100. The molecule has 4 heteroatoms. The van der Waals surface area contributed by atoms with Crippen molar-refractivity contribution in [2.75, 3.05) is 0 Å². The van der Waals surface area contributed by atoms with Gasteiger partial charge in [-0.05, 0) is 32.0 Å². The minimum absolute atomic E-state index is 0.970. The van der Waals surface area contributed by atoms with Crippen LogP contribution in [-0.2, 0) is 0 Å². The van der Waals surface area contributed by atoms with E-state index in [9.17, 15) is 0 Å². The lowest BCUT2D eigenvalue weighted by molar-refractivity contribution is 0.884. The molecular weight excluding hydrogens is 314 g/mol. The second kappa shape index (κ2) is 6.06. The predicted octanol–water partition coefficient (Wildman–Crippen LogP) is 5.28. The number of rotatable bonds is 3. The van der Waals surface area contributed by atoms with Crippen LogP contribution in [0.15, 0.2) is 66.2 Å². The third-order valence-corrected chi connectivity index (χ3v) is 4.94. The SMILES string of the molecule is Cc1ccc(-n2ccc(-c3ccc(-c4nc(C)cs4)cc3)n2)cc1. The number of thiazole rings is 1. The van der Waals surface area contributed by atoms with Gasteiger partial charge in [-0.25, -0.2) is 9.67 Å². The second-order valence-corrected chi connectivity index (χ2v) is 6.71. The molecule has 0 N–H and O–H groups in total. The minimum atomic E-state index is 0.970. The number of benzene rings is 2. The van der Waals surface area contributed by atoms with Crippen molar-refractivity contribution >= 4 is 11.3 Å². The zero-order valence-electron chi connectivity index (χ0n) is 13.6. The monoisotopic (exact) mass is 331 g/mol. The van der Waals surface area contributed by atoms with Crippen LogP contribution in [0.2, 0.25) is 0 Å². The molecule has 0 spiro atoms. The average Bonchev–Trinajstić information content (AvgIpc) is 3.25. The van der Waals surface area contributed by atoms with Crippen molar-refractivity contribution in [3.8, 4) is 27.5 Å². The summed E-state index contributed by atoms with van der Waals surface area (Å²) in [4.78, 5) is 4.53. The number of hydrogen-bond acceptors (Lipinski definition) is 3. The van der Waals surface area contributed by atoms with Crippen LogP contribution in [0.3, 0.4) is 0 Å². The van der Waals surface area contributed by atoms with Gasteiger partial charge in [0, 0.05) is 28.4 Å². The Balaban J connectivity index is 1.61. The van der Waals surface area contributed by atoms with E-state index in [-0.39, 0.29) is 0 Å². The lowest BCUT2D eigenvalue weighted by Gasteiger charge is -2.02. The lowest BCUT2D eigenvalue weighted by atomic mass is 10.1. The molecular formula is C20H17N3S. The Morgan fingerprint density at radius 1 is 0.833 bits per heavy atom. The van der Waals surface area contributed by atoms with Crippen LogP contribution >= 0.6 is 11.3 Å². The highest BCUT2D eigenvalue weighted by atomic mass is 32.1. The van der Waals surface area contributed by atoms with Gasteiger partial charge in [-0.2, -0.15) is 5.10 Å². The molecule has 4 aromatic rings. The predicted molar refractivity (Wildman–Crippen MR) is 99.6 cm³/mol. The number of hydrogen-bond donors (Lipinski definition) is 0. The van der Waals surface area contributed by atoms with Crippen molar-refractivity contribution in [1.29, 1.82) is 0 Å². The van der Waals surface area contributed by atoms with Crippen molar-refractivity contribution < 1.29 is 0 Å². The van der Waals surface area contributed by atoms with Crippen LogP contribution in [0, 0.1) is 13.8 Å². The molecule has 3 nitrogen and oxygen atoms in total. The van der Waals surface area contributed by atoms with Crippen LogP contribution in [0.1, 0.15) is 11.3 Å². The minimum Gasteiger partial charge on any atom is -0.241 e. The van der Waals surface area contributed by atoms with E-state index in [0.717, 1.165) is 33.2 Å². The molecule has 118 valence electrons. The molecule has 2 aromatic heterocycles. The normalized spacial score (nSPS) is 10.9. The summed E-state index contributed by atoms with van der Waals surface area (Å²) in [5.41, 5.74) is 6.61. The van der Waals surface area contributed by atoms with E-state index in [4.69, 9.17) is 5.10 Å². The second-order valence-electron chi connectivity index (χ2n) is 5.85. The Morgan fingerprint density at radius 2 is 1.54 bits per heavy atom. The maximum atomic E-state index is 4.69. The Bertz CT molecular complexity index is 963. The summed E-state index contributed by atoms with van der Waals surface area (Å²) in [6.07, 6.45) is 2.00. The van der Waals surface area contributed by atoms with Crippen molar-refractivity contribution in [1.82, 2.24) is 14.8 Å². The molecule has 0 fully saturated rings.